The summed E-state index contributed by atoms with van der Waals surface area (Å²) in [5.41, 5.74) is -0.335. The Balaban J connectivity index is 2.49. The second-order valence-corrected chi connectivity index (χ2v) is 3.29. The number of carbonyl (C=O) groups is 1. The third kappa shape index (κ3) is 1.74. The predicted octanol–water partition coefficient (Wildman–Crippen LogP) is 0.466. The first-order chi connectivity index (χ1) is 8.06. The molecule has 1 aromatic rings. The fraction of sp³-hybridized carbons (Fsp3) is 0.300. The van der Waals surface area contributed by atoms with Gasteiger partial charge in [-0.3, -0.25) is 0 Å². The summed E-state index contributed by atoms with van der Waals surface area (Å²) in [7, 11) is 1.06. The van der Waals surface area contributed by atoms with Gasteiger partial charge in [-0.15, -0.1) is 0 Å². The Morgan fingerprint density at radius 3 is 2.94 bits per heavy atom. The van der Waals surface area contributed by atoms with Crippen LogP contribution >= 0.6 is 0 Å². The van der Waals surface area contributed by atoms with E-state index in [0.717, 1.165) is 13.2 Å². The van der Waals surface area contributed by atoms with Crippen LogP contribution in [0, 0.1) is 5.82 Å². The number of hydrogen-bond acceptors (Lipinski definition) is 6. The Kier molecular flexibility index (Phi) is 2.76. The smallest absolute Gasteiger partial charge is 0.339 e. The second-order valence-electron chi connectivity index (χ2n) is 3.29. The van der Waals surface area contributed by atoms with Crippen molar-refractivity contribution in [2.45, 2.75) is 6.10 Å². The lowest BCUT2D eigenvalue weighted by Crippen LogP contribution is -2.14. The molecule has 92 valence electrons. The van der Waals surface area contributed by atoms with Crippen LogP contribution in [0.2, 0.25) is 0 Å². The lowest BCUT2D eigenvalue weighted by molar-refractivity contribution is -0.150. The van der Waals surface area contributed by atoms with Gasteiger partial charge in [0.05, 0.1) is 7.11 Å². The molecule has 0 bridgehead atoms. The van der Waals surface area contributed by atoms with Crippen LogP contribution < -0.4 is 9.47 Å². The molecule has 0 amide bonds. The van der Waals surface area contributed by atoms with Gasteiger partial charge in [0.15, 0.2) is 17.6 Å². The summed E-state index contributed by atoms with van der Waals surface area (Å²) in [5.74, 6) is -3.20. The SMILES string of the molecule is COC(=O)C(O)c1cc2c(c(F)c1O)OCO2. The Hall–Kier alpha value is -2.02. The van der Waals surface area contributed by atoms with Crippen LogP contribution in [0.1, 0.15) is 11.7 Å². The number of phenolic OH excluding ortho intramolecular Hbond substituents is 1. The highest BCUT2D eigenvalue weighted by Crippen LogP contribution is 2.43. The fourth-order valence-corrected chi connectivity index (χ4v) is 1.46. The van der Waals surface area contributed by atoms with E-state index < -0.39 is 23.6 Å². The zero-order valence-electron chi connectivity index (χ0n) is 8.77. The van der Waals surface area contributed by atoms with E-state index in [9.17, 15) is 19.4 Å². The van der Waals surface area contributed by atoms with E-state index in [1.807, 2.05) is 0 Å². The number of fused-ring (bicyclic) bond motifs is 1. The van der Waals surface area contributed by atoms with Crippen molar-refractivity contribution >= 4 is 5.97 Å². The van der Waals surface area contributed by atoms with E-state index in [1.54, 1.807) is 0 Å². The lowest BCUT2D eigenvalue weighted by Gasteiger charge is -2.12. The van der Waals surface area contributed by atoms with Crippen LogP contribution in [0.15, 0.2) is 6.07 Å². The highest BCUT2D eigenvalue weighted by atomic mass is 19.1. The van der Waals surface area contributed by atoms with Gasteiger partial charge in [0, 0.05) is 5.56 Å². The number of aliphatic hydroxyl groups is 1. The number of benzene rings is 1. The molecule has 2 rings (SSSR count). The van der Waals surface area contributed by atoms with Gasteiger partial charge in [0.2, 0.25) is 18.4 Å². The number of methoxy groups -OCH3 is 1. The van der Waals surface area contributed by atoms with Crippen LogP contribution in [0.25, 0.3) is 0 Å². The molecule has 0 fully saturated rings. The number of hydrogen-bond donors (Lipinski definition) is 2. The lowest BCUT2D eigenvalue weighted by atomic mass is 10.1. The van der Waals surface area contributed by atoms with Gasteiger partial charge in [0.25, 0.3) is 0 Å². The minimum absolute atomic E-state index is 0.0123. The zero-order valence-corrected chi connectivity index (χ0v) is 8.77. The van der Waals surface area contributed by atoms with Crippen LogP contribution in [-0.2, 0) is 9.53 Å². The number of carbonyl (C=O) groups excluding carboxylic acids is 1. The highest BCUT2D eigenvalue weighted by Gasteiger charge is 2.30. The van der Waals surface area contributed by atoms with Gasteiger partial charge in [-0.2, -0.15) is 4.39 Å². The summed E-state index contributed by atoms with van der Waals surface area (Å²) in [6.45, 7) is -0.191. The minimum Gasteiger partial charge on any atom is -0.504 e. The minimum atomic E-state index is -1.79. The molecule has 0 spiro atoms. The van der Waals surface area contributed by atoms with Crippen molar-refractivity contribution in [1.29, 1.82) is 0 Å². The number of halogens is 1. The van der Waals surface area contributed by atoms with Crippen molar-refractivity contribution in [3.8, 4) is 17.2 Å². The highest BCUT2D eigenvalue weighted by molar-refractivity contribution is 5.77. The normalized spacial score (nSPS) is 14.5. The maximum Gasteiger partial charge on any atom is 0.339 e. The van der Waals surface area contributed by atoms with Gasteiger partial charge >= 0.3 is 5.97 Å². The number of rotatable bonds is 2. The topological polar surface area (TPSA) is 85.2 Å². The molecule has 1 aromatic carbocycles. The Morgan fingerprint density at radius 2 is 2.29 bits per heavy atom. The molecule has 1 unspecified atom stereocenters. The molecule has 0 saturated carbocycles. The van der Waals surface area contributed by atoms with Gasteiger partial charge in [0.1, 0.15) is 0 Å². The third-order valence-electron chi connectivity index (χ3n) is 2.33. The first kappa shape index (κ1) is 11.5. The van der Waals surface area contributed by atoms with E-state index in [0.29, 0.717) is 0 Å². The molecule has 0 radical (unpaired) electrons. The molecule has 17 heavy (non-hydrogen) atoms. The standard InChI is InChI=1S/C10H9FO6/c1-15-10(14)8(13)4-2-5-9(17-3-16-5)6(11)7(4)12/h2,8,12-13H,3H2,1H3. The van der Waals surface area contributed by atoms with Gasteiger partial charge in [-0.1, -0.05) is 0 Å². The van der Waals surface area contributed by atoms with Crippen molar-refractivity contribution in [2.24, 2.45) is 0 Å². The monoisotopic (exact) mass is 244 g/mol. The maximum absolute atomic E-state index is 13.6. The number of aromatic hydroxyl groups is 1. The first-order valence-corrected chi connectivity index (χ1v) is 4.63. The summed E-state index contributed by atoms with van der Waals surface area (Å²) < 4.78 is 27.5. The number of aliphatic hydroxyl groups excluding tert-OH is 1. The predicted molar refractivity (Wildman–Crippen MR) is 51.2 cm³/mol. The number of esters is 1. The summed E-state index contributed by atoms with van der Waals surface area (Å²) in [6, 6.07) is 1.13. The summed E-state index contributed by atoms with van der Waals surface area (Å²) in [6.07, 6.45) is -1.79. The van der Waals surface area contributed by atoms with Crippen molar-refractivity contribution in [2.75, 3.05) is 13.9 Å². The quantitative estimate of drug-likeness (QED) is 0.735. The molecule has 7 heteroatoms. The molecule has 1 atom stereocenters. The van der Waals surface area contributed by atoms with Gasteiger partial charge in [-0.25, -0.2) is 4.79 Å². The molecule has 6 nitrogen and oxygen atoms in total. The Labute approximate surface area is 95.1 Å². The van der Waals surface area contributed by atoms with E-state index in [2.05, 4.69) is 4.74 Å². The van der Waals surface area contributed by atoms with E-state index in [-0.39, 0.29) is 23.9 Å². The molecule has 0 aliphatic carbocycles. The van der Waals surface area contributed by atoms with Crippen LogP contribution in [0.3, 0.4) is 0 Å². The number of ether oxygens (including phenoxy) is 3. The Bertz CT molecular complexity index is 472. The largest absolute Gasteiger partial charge is 0.504 e. The van der Waals surface area contributed by atoms with E-state index in [1.165, 1.54) is 0 Å². The molecule has 0 aromatic heterocycles. The summed E-state index contributed by atoms with van der Waals surface area (Å²) in [4.78, 5) is 11.1. The molecule has 1 aliphatic heterocycles. The van der Waals surface area contributed by atoms with Crippen molar-refractivity contribution in [3.63, 3.8) is 0 Å². The van der Waals surface area contributed by atoms with Crippen LogP contribution in [-0.4, -0.2) is 30.1 Å². The number of phenols is 1. The molecule has 1 aliphatic rings. The van der Waals surface area contributed by atoms with E-state index >= 15 is 0 Å². The molecular weight excluding hydrogens is 235 g/mol. The summed E-state index contributed by atoms with van der Waals surface area (Å²) >= 11 is 0. The zero-order chi connectivity index (χ0) is 12.6. The fourth-order valence-electron chi connectivity index (χ4n) is 1.46. The molecule has 1 heterocycles. The van der Waals surface area contributed by atoms with Gasteiger partial charge < -0.3 is 24.4 Å². The maximum atomic E-state index is 13.6. The second kappa shape index (κ2) is 4.10. The third-order valence-corrected chi connectivity index (χ3v) is 2.33. The van der Waals surface area contributed by atoms with E-state index in [4.69, 9.17) is 9.47 Å². The average molecular weight is 244 g/mol. The molecule has 0 saturated heterocycles. The van der Waals surface area contributed by atoms with Crippen LogP contribution in [0.4, 0.5) is 4.39 Å². The average Bonchev–Trinajstić information content (AvgIpc) is 2.80. The Morgan fingerprint density at radius 1 is 1.59 bits per heavy atom. The first-order valence-electron chi connectivity index (χ1n) is 4.63. The molecule has 2 N–H and O–H groups in total. The summed E-state index contributed by atoms with van der Waals surface area (Å²) in [5, 5.41) is 19.0. The van der Waals surface area contributed by atoms with Crippen molar-refractivity contribution in [1.82, 2.24) is 0 Å². The van der Waals surface area contributed by atoms with Gasteiger partial charge in [-0.05, 0) is 6.07 Å². The van der Waals surface area contributed by atoms with Crippen molar-refractivity contribution in [3.05, 3.63) is 17.4 Å². The van der Waals surface area contributed by atoms with Crippen LogP contribution in [0.5, 0.6) is 17.2 Å². The molecular formula is C10H9FO6. The van der Waals surface area contributed by atoms with Crippen molar-refractivity contribution < 1.29 is 33.6 Å².